The van der Waals surface area contributed by atoms with Crippen LogP contribution in [0.3, 0.4) is 0 Å². The van der Waals surface area contributed by atoms with Crippen LogP contribution in [0.15, 0.2) is 18.2 Å². The Hall–Kier alpha value is -0.600. The van der Waals surface area contributed by atoms with Gasteiger partial charge in [-0.15, -0.1) is 0 Å². The van der Waals surface area contributed by atoms with Gasteiger partial charge in [0.05, 0.1) is 5.02 Å². The maximum absolute atomic E-state index is 13.6. The standard InChI is InChI=1S/C12H17ClFN/c1-3-12(2,8-15)7-9-5-4-6-10(13)11(9)14/h4-6H,3,7-8,15H2,1-2H3. The molecule has 0 aliphatic heterocycles. The Morgan fingerprint density at radius 1 is 1.47 bits per heavy atom. The molecule has 1 nitrogen and oxygen atoms in total. The molecule has 0 fully saturated rings. The zero-order valence-corrected chi connectivity index (χ0v) is 9.94. The van der Waals surface area contributed by atoms with Crippen LogP contribution in [-0.4, -0.2) is 6.54 Å². The van der Waals surface area contributed by atoms with Crippen LogP contribution >= 0.6 is 11.6 Å². The summed E-state index contributed by atoms with van der Waals surface area (Å²) in [5, 5.41) is 0.183. The van der Waals surface area contributed by atoms with Crippen LogP contribution in [0.25, 0.3) is 0 Å². The smallest absolute Gasteiger partial charge is 0.144 e. The lowest BCUT2D eigenvalue weighted by atomic mass is 9.81. The van der Waals surface area contributed by atoms with Crippen molar-refractivity contribution in [3.8, 4) is 0 Å². The number of halogens is 2. The summed E-state index contributed by atoms with van der Waals surface area (Å²) in [5.41, 5.74) is 6.30. The Morgan fingerprint density at radius 2 is 2.13 bits per heavy atom. The van der Waals surface area contributed by atoms with Gasteiger partial charge in [0.15, 0.2) is 0 Å². The molecule has 0 saturated heterocycles. The summed E-state index contributed by atoms with van der Waals surface area (Å²) in [7, 11) is 0. The fourth-order valence-corrected chi connectivity index (χ4v) is 1.68. The van der Waals surface area contributed by atoms with Crippen LogP contribution in [0.4, 0.5) is 4.39 Å². The monoisotopic (exact) mass is 229 g/mol. The molecule has 0 aliphatic carbocycles. The maximum atomic E-state index is 13.6. The molecule has 1 aromatic carbocycles. The molecule has 1 aromatic rings. The third-order valence-electron chi connectivity index (χ3n) is 3.00. The van der Waals surface area contributed by atoms with Gasteiger partial charge < -0.3 is 5.73 Å². The SMILES string of the molecule is CCC(C)(CN)Cc1cccc(Cl)c1F. The number of hydrogen-bond acceptors (Lipinski definition) is 1. The predicted molar refractivity (Wildman–Crippen MR) is 62.6 cm³/mol. The third-order valence-corrected chi connectivity index (χ3v) is 3.29. The van der Waals surface area contributed by atoms with Crippen molar-refractivity contribution in [1.29, 1.82) is 0 Å². The van der Waals surface area contributed by atoms with Gasteiger partial charge in [0, 0.05) is 0 Å². The first-order valence-electron chi connectivity index (χ1n) is 5.15. The first-order valence-corrected chi connectivity index (χ1v) is 5.53. The zero-order chi connectivity index (χ0) is 11.5. The highest BCUT2D eigenvalue weighted by Crippen LogP contribution is 2.28. The van der Waals surface area contributed by atoms with Crippen LogP contribution in [0.2, 0.25) is 5.02 Å². The molecule has 0 aliphatic rings. The molecule has 0 radical (unpaired) electrons. The average molecular weight is 230 g/mol. The molecule has 0 bridgehead atoms. The molecule has 84 valence electrons. The van der Waals surface area contributed by atoms with Gasteiger partial charge >= 0.3 is 0 Å². The van der Waals surface area contributed by atoms with E-state index in [1.807, 2.05) is 0 Å². The lowest BCUT2D eigenvalue weighted by Crippen LogP contribution is -2.29. The van der Waals surface area contributed by atoms with Gasteiger partial charge in [-0.3, -0.25) is 0 Å². The minimum Gasteiger partial charge on any atom is -0.330 e. The van der Waals surface area contributed by atoms with Gasteiger partial charge in [-0.1, -0.05) is 37.6 Å². The van der Waals surface area contributed by atoms with E-state index in [0.29, 0.717) is 18.5 Å². The van der Waals surface area contributed by atoms with Crippen molar-refractivity contribution in [1.82, 2.24) is 0 Å². The highest BCUT2D eigenvalue weighted by molar-refractivity contribution is 6.30. The van der Waals surface area contributed by atoms with Crippen LogP contribution in [0.5, 0.6) is 0 Å². The molecule has 0 saturated carbocycles. The largest absolute Gasteiger partial charge is 0.330 e. The van der Waals surface area contributed by atoms with Gasteiger partial charge in [0.1, 0.15) is 5.82 Å². The normalized spacial score (nSPS) is 15.0. The second kappa shape index (κ2) is 4.95. The van der Waals surface area contributed by atoms with Crippen LogP contribution in [0, 0.1) is 11.2 Å². The summed E-state index contributed by atoms with van der Waals surface area (Å²) >= 11 is 5.72. The summed E-state index contributed by atoms with van der Waals surface area (Å²) in [4.78, 5) is 0. The summed E-state index contributed by atoms with van der Waals surface area (Å²) in [5.74, 6) is -0.313. The molecule has 0 spiro atoms. The average Bonchev–Trinajstić information content (AvgIpc) is 2.25. The topological polar surface area (TPSA) is 26.0 Å². The van der Waals surface area contributed by atoms with E-state index in [4.69, 9.17) is 17.3 Å². The Morgan fingerprint density at radius 3 is 2.67 bits per heavy atom. The second-order valence-corrected chi connectivity index (χ2v) is 4.67. The predicted octanol–water partition coefficient (Wildman–Crippen LogP) is 3.40. The van der Waals surface area contributed by atoms with Crippen molar-refractivity contribution in [3.05, 3.63) is 34.6 Å². The van der Waals surface area contributed by atoms with E-state index in [-0.39, 0.29) is 16.3 Å². The molecule has 0 aromatic heterocycles. The zero-order valence-electron chi connectivity index (χ0n) is 9.19. The summed E-state index contributed by atoms with van der Waals surface area (Å²) in [6.45, 7) is 4.68. The summed E-state index contributed by atoms with van der Waals surface area (Å²) in [6, 6.07) is 5.10. The quantitative estimate of drug-likeness (QED) is 0.842. The maximum Gasteiger partial charge on any atom is 0.144 e. The molecule has 1 rings (SSSR count). The molecule has 15 heavy (non-hydrogen) atoms. The molecule has 0 amide bonds. The van der Waals surface area contributed by atoms with E-state index in [0.717, 1.165) is 6.42 Å². The van der Waals surface area contributed by atoms with E-state index < -0.39 is 0 Å². The van der Waals surface area contributed by atoms with E-state index in [1.165, 1.54) is 0 Å². The summed E-state index contributed by atoms with van der Waals surface area (Å²) in [6.07, 6.45) is 1.56. The first kappa shape index (κ1) is 12.5. The van der Waals surface area contributed by atoms with Gasteiger partial charge in [-0.25, -0.2) is 4.39 Å². The molecule has 3 heteroatoms. The van der Waals surface area contributed by atoms with Crippen molar-refractivity contribution >= 4 is 11.6 Å². The number of rotatable bonds is 4. The molecule has 1 unspecified atom stereocenters. The molecular formula is C12H17ClFN. The highest BCUT2D eigenvalue weighted by atomic mass is 35.5. The van der Waals surface area contributed by atoms with E-state index in [2.05, 4.69) is 13.8 Å². The van der Waals surface area contributed by atoms with Crippen molar-refractivity contribution in [2.24, 2.45) is 11.1 Å². The van der Waals surface area contributed by atoms with Crippen LogP contribution in [0.1, 0.15) is 25.8 Å². The van der Waals surface area contributed by atoms with Gasteiger partial charge in [0.2, 0.25) is 0 Å². The Balaban J connectivity index is 2.94. The van der Waals surface area contributed by atoms with Gasteiger partial charge in [-0.2, -0.15) is 0 Å². The van der Waals surface area contributed by atoms with Crippen LogP contribution < -0.4 is 5.73 Å². The number of benzene rings is 1. The number of hydrogen-bond donors (Lipinski definition) is 1. The first-order chi connectivity index (χ1) is 7.02. The summed E-state index contributed by atoms with van der Waals surface area (Å²) < 4.78 is 13.6. The minimum absolute atomic E-state index is 0.0501. The second-order valence-electron chi connectivity index (χ2n) is 4.26. The lowest BCUT2D eigenvalue weighted by molar-refractivity contribution is 0.316. The Labute approximate surface area is 95.4 Å². The van der Waals surface area contributed by atoms with Gasteiger partial charge in [-0.05, 0) is 36.4 Å². The fourth-order valence-electron chi connectivity index (χ4n) is 1.49. The van der Waals surface area contributed by atoms with Gasteiger partial charge in [0.25, 0.3) is 0 Å². The molecular weight excluding hydrogens is 213 g/mol. The minimum atomic E-state index is -0.313. The lowest BCUT2D eigenvalue weighted by Gasteiger charge is -2.26. The third kappa shape index (κ3) is 2.93. The highest BCUT2D eigenvalue weighted by Gasteiger charge is 2.22. The molecule has 2 N–H and O–H groups in total. The van der Waals surface area contributed by atoms with Crippen LogP contribution in [-0.2, 0) is 6.42 Å². The van der Waals surface area contributed by atoms with E-state index in [1.54, 1.807) is 18.2 Å². The molecule has 0 heterocycles. The Bertz CT molecular complexity index is 334. The Kier molecular flexibility index (Phi) is 4.12. The fraction of sp³-hybridized carbons (Fsp3) is 0.500. The van der Waals surface area contributed by atoms with Crippen molar-refractivity contribution < 1.29 is 4.39 Å². The van der Waals surface area contributed by atoms with E-state index in [9.17, 15) is 4.39 Å². The molecule has 1 atom stereocenters. The van der Waals surface area contributed by atoms with E-state index >= 15 is 0 Å². The van der Waals surface area contributed by atoms with Crippen molar-refractivity contribution in [3.63, 3.8) is 0 Å². The van der Waals surface area contributed by atoms with Crippen molar-refractivity contribution in [2.45, 2.75) is 26.7 Å². The number of nitrogens with two attached hydrogens (primary N) is 1. The van der Waals surface area contributed by atoms with Crippen molar-refractivity contribution in [2.75, 3.05) is 6.54 Å².